The Balaban J connectivity index is 1.86. The minimum atomic E-state index is -0.0359. The normalized spacial score (nSPS) is 23.6. The van der Waals surface area contributed by atoms with Crippen molar-refractivity contribution in [3.63, 3.8) is 0 Å². The second-order valence-electron chi connectivity index (χ2n) is 5.24. The Hall–Kier alpha value is -0.900. The van der Waals surface area contributed by atoms with E-state index in [1.165, 1.54) is 11.1 Å². The number of fused-ring (bicyclic) bond motifs is 1. The molecule has 1 heterocycles. The molecular formula is C14H20N2O. The highest BCUT2D eigenvalue weighted by atomic mass is 16.3. The van der Waals surface area contributed by atoms with E-state index in [9.17, 15) is 5.11 Å². The first kappa shape index (κ1) is 11.2. The summed E-state index contributed by atoms with van der Waals surface area (Å²) in [5.41, 5.74) is 2.80. The van der Waals surface area contributed by atoms with E-state index in [-0.39, 0.29) is 12.1 Å². The summed E-state index contributed by atoms with van der Waals surface area (Å²) in [6.07, 6.45) is 2.00. The van der Waals surface area contributed by atoms with Gasteiger partial charge in [-0.25, -0.2) is 0 Å². The molecule has 1 saturated heterocycles. The lowest BCUT2D eigenvalue weighted by Crippen LogP contribution is -2.58. The number of piperazine rings is 1. The Bertz CT molecular complexity index is 374. The standard InChI is InChI=1S/C14H20N2O/c17-11-14(16-7-5-15-6-8-16)9-12-3-1-2-4-13(12)10-14/h1-4,15,17H,5-11H2. The zero-order valence-corrected chi connectivity index (χ0v) is 10.2. The van der Waals surface area contributed by atoms with Crippen molar-refractivity contribution in [2.24, 2.45) is 0 Å². The Morgan fingerprint density at radius 1 is 1.12 bits per heavy atom. The van der Waals surface area contributed by atoms with Crippen molar-refractivity contribution in [2.75, 3.05) is 32.8 Å². The number of aliphatic hydroxyl groups excluding tert-OH is 1. The first-order valence-electron chi connectivity index (χ1n) is 6.47. The van der Waals surface area contributed by atoms with Crippen molar-refractivity contribution in [1.29, 1.82) is 0 Å². The van der Waals surface area contributed by atoms with E-state index in [4.69, 9.17) is 0 Å². The van der Waals surface area contributed by atoms with E-state index in [1.54, 1.807) is 0 Å². The molecular weight excluding hydrogens is 212 g/mol. The average Bonchev–Trinajstić information content (AvgIpc) is 2.79. The van der Waals surface area contributed by atoms with Gasteiger partial charge in [0, 0.05) is 26.2 Å². The summed E-state index contributed by atoms with van der Waals surface area (Å²) >= 11 is 0. The summed E-state index contributed by atoms with van der Waals surface area (Å²) in [5.74, 6) is 0. The molecule has 0 aromatic heterocycles. The molecule has 1 aliphatic carbocycles. The van der Waals surface area contributed by atoms with Crippen LogP contribution in [0.5, 0.6) is 0 Å². The van der Waals surface area contributed by atoms with E-state index < -0.39 is 0 Å². The molecule has 0 saturated carbocycles. The Kier molecular flexibility index (Phi) is 2.90. The quantitative estimate of drug-likeness (QED) is 0.776. The van der Waals surface area contributed by atoms with Crippen LogP contribution in [0.1, 0.15) is 11.1 Å². The van der Waals surface area contributed by atoms with Gasteiger partial charge in [-0.2, -0.15) is 0 Å². The maximum atomic E-state index is 9.88. The van der Waals surface area contributed by atoms with E-state index >= 15 is 0 Å². The molecule has 0 amide bonds. The number of nitrogens with zero attached hydrogens (tertiary/aromatic N) is 1. The second kappa shape index (κ2) is 4.41. The van der Waals surface area contributed by atoms with Crippen LogP contribution in [-0.2, 0) is 12.8 Å². The molecule has 0 radical (unpaired) electrons. The largest absolute Gasteiger partial charge is 0.394 e. The molecule has 1 aliphatic heterocycles. The molecule has 92 valence electrons. The van der Waals surface area contributed by atoms with Crippen LogP contribution >= 0.6 is 0 Å². The molecule has 1 fully saturated rings. The first-order valence-corrected chi connectivity index (χ1v) is 6.47. The Morgan fingerprint density at radius 2 is 1.71 bits per heavy atom. The fourth-order valence-electron chi connectivity index (χ4n) is 3.25. The third-order valence-electron chi connectivity index (χ3n) is 4.24. The highest BCUT2D eigenvalue weighted by Crippen LogP contribution is 2.34. The molecule has 0 bridgehead atoms. The van der Waals surface area contributed by atoms with Gasteiger partial charge in [0.25, 0.3) is 0 Å². The van der Waals surface area contributed by atoms with Crippen molar-refractivity contribution in [3.8, 4) is 0 Å². The minimum Gasteiger partial charge on any atom is -0.394 e. The van der Waals surface area contributed by atoms with Crippen LogP contribution in [0.2, 0.25) is 0 Å². The van der Waals surface area contributed by atoms with Crippen LogP contribution in [0.15, 0.2) is 24.3 Å². The molecule has 3 rings (SSSR count). The van der Waals surface area contributed by atoms with E-state index in [0.29, 0.717) is 0 Å². The second-order valence-corrected chi connectivity index (χ2v) is 5.24. The molecule has 2 N–H and O–H groups in total. The molecule has 1 aromatic carbocycles. The number of hydrogen-bond donors (Lipinski definition) is 2. The van der Waals surface area contributed by atoms with Crippen LogP contribution in [0, 0.1) is 0 Å². The number of aliphatic hydroxyl groups is 1. The van der Waals surface area contributed by atoms with Gasteiger partial charge in [0.2, 0.25) is 0 Å². The highest BCUT2D eigenvalue weighted by Gasteiger charge is 2.41. The molecule has 0 unspecified atom stereocenters. The van der Waals surface area contributed by atoms with Gasteiger partial charge in [0.15, 0.2) is 0 Å². The Labute approximate surface area is 102 Å². The predicted molar refractivity (Wildman–Crippen MR) is 68.1 cm³/mol. The van der Waals surface area contributed by atoms with Gasteiger partial charge < -0.3 is 10.4 Å². The predicted octanol–water partition coefficient (Wildman–Crippen LogP) is 0.421. The Morgan fingerprint density at radius 3 is 2.24 bits per heavy atom. The number of nitrogens with one attached hydrogen (secondary N) is 1. The van der Waals surface area contributed by atoms with Crippen LogP contribution in [0.25, 0.3) is 0 Å². The molecule has 2 aliphatic rings. The van der Waals surface area contributed by atoms with Gasteiger partial charge >= 0.3 is 0 Å². The number of rotatable bonds is 2. The van der Waals surface area contributed by atoms with Gasteiger partial charge in [-0.3, -0.25) is 4.90 Å². The lowest BCUT2D eigenvalue weighted by Gasteiger charge is -2.42. The van der Waals surface area contributed by atoms with Crippen molar-refractivity contribution < 1.29 is 5.11 Å². The zero-order valence-electron chi connectivity index (χ0n) is 10.2. The van der Waals surface area contributed by atoms with Gasteiger partial charge in [-0.15, -0.1) is 0 Å². The topological polar surface area (TPSA) is 35.5 Å². The van der Waals surface area contributed by atoms with Crippen LogP contribution in [-0.4, -0.2) is 48.3 Å². The fraction of sp³-hybridized carbons (Fsp3) is 0.571. The van der Waals surface area contributed by atoms with E-state index in [1.807, 2.05) is 0 Å². The maximum Gasteiger partial charge on any atom is 0.0622 e. The monoisotopic (exact) mass is 232 g/mol. The van der Waals surface area contributed by atoms with Gasteiger partial charge in [0.05, 0.1) is 12.1 Å². The summed E-state index contributed by atoms with van der Waals surface area (Å²) in [6, 6.07) is 8.61. The summed E-state index contributed by atoms with van der Waals surface area (Å²) in [4.78, 5) is 2.48. The third-order valence-corrected chi connectivity index (χ3v) is 4.24. The average molecular weight is 232 g/mol. The van der Waals surface area contributed by atoms with E-state index in [2.05, 4.69) is 34.5 Å². The summed E-state index contributed by atoms with van der Waals surface area (Å²) in [6.45, 7) is 4.45. The number of hydrogen-bond acceptors (Lipinski definition) is 3. The molecule has 3 heteroatoms. The van der Waals surface area contributed by atoms with Gasteiger partial charge in [0.1, 0.15) is 0 Å². The third kappa shape index (κ3) is 1.88. The maximum absolute atomic E-state index is 9.88. The first-order chi connectivity index (χ1) is 8.34. The molecule has 1 aromatic rings. The minimum absolute atomic E-state index is 0.0359. The van der Waals surface area contributed by atoms with Crippen molar-refractivity contribution >= 4 is 0 Å². The smallest absolute Gasteiger partial charge is 0.0622 e. The highest BCUT2D eigenvalue weighted by molar-refractivity contribution is 5.36. The van der Waals surface area contributed by atoms with Crippen molar-refractivity contribution in [1.82, 2.24) is 10.2 Å². The molecule has 0 spiro atoms. The van der Waals surface area contributed by atoms with E-state index in [0.717, 1.165) is 39.0 Å². The summed E-state index contributed by atoms with van der Waals surface area (Å²) in [5, 5.41) is 13.3. The lowest BCUT2D eigenvalue weighted by molar-refractivity contribution is 0.0277. The molecule has 0 atom stereocenters. The SMILES string of the molecule is OCC1(N2CCNCC2)Cc2ccccc2C1. The van der Waals surface area contributed by atoms with Gasteiger partial charge in [-0.1, -0.05) is 24.3 Å². The summed E-state index contributed by atoms with van der Waals surface area (Å²) in [7, 11) is 0. The lowest BCUT2D eigenvalue weighted by atomic mass is 9.93. The van der Waals surface area contributed by atoms with Crippen LogP contribution < -0.4 is 5.32 Å². The van der Waals surface area contributed by atoms with Crippen molar-refractivity contribution in [3.05, 3.63) is 35.4 Å². The number of benzene rings is 1. The van der Waals surface area contributed by atoms with Crippen molar-refractivity contribution in [2.45, 2.75) is 18.4 Å². The van der Waals surface area contributed by atoms with Gasteiger partial charge in [-0.05, 0) is 24.0 Å². The fourth-order valence-corrected chi connectivity index (χ4v) is 3.25. The molecule has 17 heavy (non-hydrogen) atoms. The molecule has 3 nitrogen and oxygen atoms in total. The van der Waals surface area contributed by atoms with Crippen LogP contribution in [0.3, 0.4) is 0 Å². The van der Waals surface area contributed by atoms with Crippen LogP contribution in [0.4, 0.5) is 0 Å². The summed E-state index contributed by atoms with van der Waals surface area (Å²) < 4.78 is 0. The zero-order chi connectivity index (χ0) is 11.7.